The molecule has 4 rings (SSSR count). The van der Waals surface area contributed by atoms with Crippen LogP contribution < -0.4 is 5.56 Å². The van der Waals surface area contributed by atoms with E-state index in [4.69, 9.17) is 0 Å². The van der Waals surface area contributed by atoms with E-state index in [1.165, 1.54) is 16.8 Å². The first kappa shape index (κ1) is 14.5. The van der Waals surface area contributed by atoms with Crippen molar-refractivity contribution in [3.63, 3.8) is 0 Å². The zero-order chi connectivity index (χ0) is 16.7. The van der Waals surface area contributed by atoms with E-state index in [0.717, 1.165) is 5.52 Å². The molecular weight excluding hydrogens is 309 g/mol. The maximum atomic E-state index is 13.4. The van der Waals surface area contributed by atoms with Gasteiger partial charge in [0.15, 0.2) is 0 Å². The number of rotatable bonds is 3. The highest BCUT2D eigenvalue weighted by Gasteiger charge is 2.13. The monoisotopic (exact) mass is 323 g/mol. The predicted molar refractivity (Wildman–Crippen MR) is 88.3 cm³/mol. The number of hydrogen-bond acceptors (Lipinski definition) is 4. The van der Waals surface area contributed by atoms with Gasteiger partial charge in [-0.1, -0.05) is 17.3 Å². The Morgan fingerprint density at radius 2 is 1.96 bits per heavy atom. The molecule has 0 amide bonds. The van der Waals surface area contributed by atoms with Crippen molar-refractivity contribution >= 4 is 21.9 Å². The van der Waals surface area contributed by atoms with Crippen molar-refractivity contribution in [3.05, 3.63) is 64.5 Å². The normalized spacial score (nSPS) is 11.4. The highest BCUT2D eigenvalue weighted by atomic mass is 19.1. The van der Waals surface area contributed by atoms with Crippen LogP contribution in [-0.4, -0.2) is 24.5 Å². The molecule has 120 valence electrons. The average molecular weight is 323 g/mol. The SMILES string of the molecule is CCn1c(Cn2nnc3ccccc3c2=O)nc2cc(F)ccc21. The molecule has 0 atom stereocenters. The molecule has 2 heterocycles. The Balaban J connectivity index is 1.85. The maximum Gasteiger partial charge on any atom is 0.278 e. The largest absolute Gasteiger partial charge is 0.327 e. The van der Waals surface area contributed by atoms with Crippen molar-refractivity contribution in [3.8, 4) is 0 Å². The molecule has 7 heteroatoms. The van der Waals surface area contributed by atoms with Gasteiger partial charge in [-0.25, -0.2) is 14.1 Å². The van der Waals surface area contributed by atoms with Crippen molar-refractivity contribution in [1.29, 1.82) is 0 Å². The molecule has 2 aromatic carbocycles. The van der Waals surface area contributed by atoms with Gasteiger partial charge in [0, 0.05) is 12.6 Å². The number of imidazole rings is 1. The standard InChI is InChI=1S/C17H14FN5O/c1-2-22-15-8-7-11(18)9-14(15)19-16(22)10-23-17(24)12-5-3-4-6-13(12)20-21-23/h3-9H,2,10H2,1H3. The van der Waals surface area contributed by atoms with Crippen LogP contribution in [-0.2, 0) is 13.1 Å². The first-order valence-electron chi connectivity index (χ1n) is 7.64. The summed E-state index contributed by atoms with van der Waals surface area (Å²) in [4.78, 5) is 17.0. The molecule has 0 spiro atoms. The van der Waals surface area contributed by atoms with Gasteiger partial charge in [0.2, 0.25) is 0 Å². The maximum absolute atomic E-state index is 13.4. The van der Waals surface area contributed by atoms with E-state index in [-0.39, 0.29) is 17.9 Å². The van der Waals surface area contributed by atoms with Gasteiger partial charge < -0.3 is 4.57 Å². The Kier molecular flexibility index (Phi) is 3.34. The number of benzene rings is 2. The summed E-state index contributed by atoms with van der Waals surface area (Å²) in [7, 11) is 0. The molecule has 0 bridgehead atoms. The Labute approximate surface area is 136 Å². The highest BCUT2D eigenvalue weighted by molar-refractivity contribution is 5.77. The number of fused-ring (bicyclic) bond motifs is 2. The van der Waals surface area contributed by atoms with Gasteiger partial charge in [0.1, 0.15) is 23.7 Å². The first-order valence-corrected chi connectivity index (χ1v) is 7.64. The quantitative estimate of drug-likeness (QED) is 0.580. The van der Waals surface area contributed by atoms with Gasteiger partial charge in [-0.15, -0.1) is 5.10 Å². The second kappa shape index (κ2) is 5.52. The average Bonchev–Trinajstić information content (AvgIpc) is 2.93. The molecule has 2 aromatic heterocycles. The van der Waals surface area contributed by atoms with E-state index in [1.807, 2.05) is 17.6 Å². The fraction of sp³-hybridized carbons (Fsp3) is 0.176. The molecule has 0 N–H and O–H groups in total. The number of aryl methyl sites for hydroxylation is 1. The number of hydrogen-bond donors (Lipinski definition) is 0. The predicted octanol–water partition coefficient (Wildman–Crippen LogP) is 2.35. The fourth-order valence-corrected chi connectivity index (χ4v) is 2.89. The second-order valence-electron chi connectivity index (χ2n) is 5.47. The van der Waals surface area contributed by atoms with Gasteiger partial charge in [0.05, 0.1) is 16.4 Å². The van der Waals surface area contributed by atoms with Crippen LogP contribution in [0.4, 0.5) is 4.39 Å². The molecule has 0 radical (unpaired) electrons. The lowest BCUT2D eigenvalue weighted by Gasteiger charge is -2.07. The van der Waals surface area contributed by atoms with Crippen LogP contribution in [0.2, 0.25) is 0 Å². The summed E-state index contributed by atoms with van der Waals surface area (Å²) in [5.74, 6) is 0.308. The van der Waals surface area contributed by atoms with E-state index in [0.29, 0.717) is 28.8 Å². The third-order valence-electron chi connectivity index (χ3n) is 4.03. The summed E-state index contributed by atoms with van der Waals surface area (Å²) >= 11 is 0. The summed E-state index contributed by atoms with van der Waals surface area (Å²) in [5, 5.41) is 8.58. The summed E-state index contributed by atoms with van der Waals surface area (Å²) in [6.45, 7) is 2.82. The zero-order valence-corrected chi connectivity index (χ0v) is 13.0. The Morgan fingerprint density at radius 1 is 1.12 bits per heavy atom. The van der Waals surface area contributed by atoms with Crippen molar-refractivity contribution in [2.75, 3.05) is 0 Å². The lowest BCUT2D eigenvalue weighted by atomic mass is 10.2. The number of halogens is 1. The van der Waals surface area contributed by atoms with E-state index in [1.54, 1.807) is 24.3 Å². The summed E-state index contributed by atoms with van der Waals surface area (Å²) in [6, 6.07) is 11.6. The minimum absolute atomic E-state index is 0.181. The summed E-state index contributed by atoms with van der Waals surface area (Å²) in [5.41, 5.74) is 1.73. The molecule has 4 aromatic rings. The molecule has 0 aliphatic heterocycles. The smallest absolute Gasteiger partial charge is 0.278 e. The van der Waals surface area contributed by atoms with Crippen molar-refractivity contribution in [2.45, 2.75) is 20.0 Å². The van der Waals surface area contributed by atoms with E-state index in [9.17, 15) is 9.18 Å². The molecule has 0 fully saturated rings. The number of aromatic nitrogens is 5. The van der Waals surface area contributed by atoms with E-state index in [2.05, 4.69) is 15.3 Å². The topological polar surface area (TPSA) is 65.6 Å². The third kappa shape index (κ3) is 2.25. The Bertz CT molecular complexity index is 1120. The first-order chi connectivity index (χ1) is 11.7. The molecule has 24 heavy (non-hydrogen) atoms. The third-order valence-corrected chi connectivity index (χ3v) is 4.03. The highest BCUT2D eigenvalue weighted by Crippen LogP contribution is 2.18. The van der Waals surface area contributed by atoms with Crippen LogP contribution in [0.3, 0.4) is 0 Å². The van der Waals surface area contributed by atoms with E-state index < -0.39 is 0 Å². The Morgan fingerprint density at radius 3 is 2.79 bits per heavy atom. The van der Waals surface area contributed by atoms with Crippen molar-refractivity contribution in [2.24, 2.45) is 0 Å². The molecule has 0 aliphatic rings. The molecule has 0 unspecified atom stereocenters. The fourth-order valence-electron chi connectivity index (χ4n) is 2.89. The Hall–Kier alpha value is -3.09. The van der Waals surface area contributed by atoms with Gasteiger partial charge in [-0.2, -0.15) is 0 Å². The molecule has 0 saturated heterocycles. The van der Waals surface area contributed by atoms with Crippen LogP contribution in [0.25, 0.3) is 21.9 Å². The van der Waals surface area contributed by atoms with Crippen LogP contribution in [0.15, 0.2) is 47.3 Å². The van der Waals surface area contributed by atoms with Gasteiger partial charge in [0.25, 0.3) is 5.56 Å². The van der Waals surface area contributed by atoms with Crippen molar-refractivity contribution < 1.29 is 4.39 Å². The van der Waals surface area contributed by atoms with Gasteiger partial charge in [-0.05, 0) is 31.2 Å². The lowest BCUT2D eigenvalue weighted by molar-refractivity contribution is 0.560. The molecule has 6 nitrogen and oxygen atoms in total. The summed E-state index contributed by atoms with van der Waals surface area (Å²) < 4.78 is 16.6. The van der Waals surface area contributed by atoms with Crippen LogP contribution in [0.1, 0.15) is 12.7 Å². The van der Waals surface area contributed by atoms with Crippen LogP contribution >= 0.6 is 0 Å². The molecular formula is C17H14FN5O. The second-order valence-corrected chi connectivity index (χ2v) is 5.47. The zero-order valence-electron chi connectivity index (χ0n) is 13.0. The van der Waals surface area contributed by atoms with Crippen LogP contribution in [0.5, 0.6) is 0 Å². The number of nitrogens with zero attached hydrogens (tertiary/aromatic N) is 5. The molecule has 0 aliphatic carbocycles. The van der Waals surface area contributed by atoms with Gasteiger partial charge in [-0.3, -0.25) is 4.79 Å². The van der Waals surface area contributed by atoms with Crippen LogP contribution in [0, 0.1) is 5.82 Å². The minimum atomic E-state index is -0.336. The van der Waals surface area contributed by atoms with Crippen molar-refractivity contribution in [1.82, 2.24) is 24.5 Å². The summed E-state index contributed by atoms with van der Waals surface area (Å²) in [6.07, 6.45) is 0. The van der Waals surface area contributed by atoms with E-state index >= 15 is 0 Å². The lowest BCUT2D eigenvalue weighted by Crippen LogP contribution is -2.26. The minimum Gasteiger partial charge on any atom is -0.327 e. The van der Waals surface area contributed by atoms with Gasteiger partial charge >= 0.3 is 0 Å². The molecule has 0 saturated carbocycles.